The van der Waals surface area contributed by atoms with Gasteiger partial charge in [-0.1, -0.05) is 41.7 Å². The molecule has 8 nitrogen and oxygen atoms in total. The van der Waals surface area contributed by atoms with Gasteiger partial charge in [-0.05, 0) is 64.8 Å². The predicted molar refractivity (Wildman–Crippen MR) is 159 cm³/mol. The van der Waals surface area contributed by atoms with Gasteiger partial charge in [0, 0.05) is 17.3 Å². The highest BCUT2D eigenvalue weighted by atomic mass is 79.9. The number of allylic oxidation sites excluding steroid dienone is 1. The third-order valence-electron chi connectivity index (χ3n) is 6.50. The van der Waals surface area contributed by atoms with Crippen molar-refractivity contribution in [2.24, 2.45) is 4.99 Å². The van der Waals surface area contributed by atoms with E-state index in [1.54, 1.807) is 45.0 Å². The normalized spacial score (nSPS) is 14.8. The zero-order chi connectivity index (χ0) is 28.4. The molecular formula is C30H26BrN3O5S. The zero-order valence-electron chi connectivity index (χ0n) is 22.2. The molecule has 0 saturated heterocycles. The van der Waals surface area contributed by atoms with E-state index in [0.717, 1.165) is 10.0 Å². The molecule has 1 aliphatic heterocycles. The number of ether oxygens (including phenoxy) is 3. The van der Waals surface area contributed by atoms with E-state index in [0.29, 0.717) is 49.1 Å². The largest absolute Gasteiger partial charge is 0.497 e. The highest BCUT2D eigenvalue weighted by Gasteiger charge is 2.32. The van der Waals surface area contributed by atoms with Crippen molar-refractivity contribution >= 4 is 44.9 Å². The van der Waals surface area contributed by atoms with Gasteiger partial charge in [0.15, 0.2) is 4.80 Å². The van der Waals surface area contributed by atoms with Crippen molar-refractivity contribution in [2.75, 3.05) is 26.6 Å². The van der Waals surface area contributed by atoms with Gasteiger partial charge in [-0.3, -0.25) is 14.2 Å². The molecule has 1 unspecified atom stereocenters. The number of carbonyl (C=O) groups is 1. The van der Waals surface area contributed by atoms with Gasteiger partial charge in [0.1, 0.15) is 17.2 Å². The van der Waals surface area contributed by atoms with E-state index in [4.69, 9.17) is 19.2 Å². The summed E-state index contributed by atoms with van der Waals surface area (Å²) in [5.74, 6) is 1.44. The molecule has 0 saturated carbocycles. The molecule has 1 aromatic heterocycles. The van der Waals surface area contributed by atoms with Gasteiger partial charge in [-0.25, -0.2) is 4.99 Å². The predicted octanol–water partition coefficient (Wildman–Crippen LogP) is 4.66. The topological polar surface area (TPSA) is 91.2 Å². The number of hydrogen-bond acceptors (Lipinski definition) is 7. The fraction of sp³-hybridized carbons (Fsp3) is 0.167. The second-order valence-electron chi connectivity index (χ2n) is 8.91. The average molecular weight is 621 g/mol. The number of carbonyl (C=O) groups excluding carboxylic acids is 1. The first kappa shape index (κ1) is 27.4. The molecule has 1 aliphatic rings. The summed E-state index contributed by atoms with van der Waals surface area (Å²) in [6.07, 6.45) is 1.76. The number of nitrogens with zero attached hydrogens (tertiary/aromatic N) is 2. The van der Waals surface area contributed by atoms with Gasteiger partial charge >= 0.3 is 0 Å². The van der Waals surface area contributed by atoms with Crippen molar-refractivity contribution in [3.05, 3.63) is 113 Å². The number of nitrogens with one attached hydrogen (secondary N) is 1. The first-order valence-corrected chi connectivity index (χ1v) is 13.9. The highest BCUT2D eigenvalue weighted by molar-refractivity contribution is 9.10. The molecule has 3 aromatic carbocycles. The van der Waals surface area contributed by atoms with E-state index < -0.39 is 6.04 Å². The standard InChI is InChI=1S/C30H26BrN3O5S/c1-17-26(28(35)33-20-10-6-5-7-11-20)27(18-9-8-12-21(13-18)37-2)34-29(36)25(40-30(34)32-17)15-19-14-22(31)24(39-4)16-23(19)38-3/h5-16,27H,1-4H3,(H,33,35)/b25-15-. The van der Waals surface area contributed by atoms with Crippen LogP contribution in [-0.4, -0.2) is 31.8 Å². The number of aromatic nitrogens is 1. The van der Waals surface area contributed by atoms with Gasteiger partial charge in [-0.2, -0.15) is 0 Å². The minimum atomic E-state index is -0.721. The number of para-hydroxylation sites is 1. The Labute approximate surface area is 243 Å². The number of fused-ring (bicyclic) bond motifs is 1. The molecule has 10 heteroatoms. The Hall–Kier alpha value is -4.15. The van der Waals surface area contributed by atoms with Gasteiger partial charge in [0.2, 0.25) is 0 Å². The van der Waals surface area contributed by atoms with Crippen molar-refractivity contribution in [1.82, 2.24) is 4.57 Å². The molecule has 0 bridgehead atoms. The Morgan fingerprint density at radius 3 is 2.45 bits per heavy atom. The maximum absolute atomic E-state index is 14.0. The van der Waals surface area contributed by atoms with Crippen LogP contribution in [0.2, 0.25) is 0 Å². The van der Waals surface area contributed by atoms with Crippen LogP contribution in [0.15, 0.2) is 92.3 Å². The quantitative estimate of drug-likeness (QED) is 0.325. The molecule has 0 radical (unpaired) electrons. The first-order valence-electron chi connectivity index (χ1n) is 12.3. The maximum Gasteiger partial charge on any atom is 0.271 e. The van der Waals surface area contributed by atoms with E-state index in [1.165, 1.54) is 11.3 Å². The fourth-order valence-electron chi connectivity index (χ4n) is 4.60. The van der Waals surface area contributed by atoms with E-state index in [-0.39, 0.29) is 11.5 Å². The smallest absolute Gasteiger partial charge is 0.271 e. The lowest BCUT2D eigenvalue weighted by Gasteiger charge is -2.25. The number of methoxy groups -OCH3 is 3. The number of benzene rings is 3. The minimum Gasteiger partial charge on any atom is -0.497 e. The third kappa shape index (κ3) is 5.20. The number of hydrogen-bond donors (Lipinski definition) is 1. The van der Waals surface area contributed by atoms with Crippen molar-refractivity contribution in [3.63, 3.8) is 0 Å². The number of anilines is 1. The van der Waals surface area contributed by atoms with Gasteiger partial charge < -0.3 is 19.5 Å². The molecule has 0 spiro atoms. The Morgan fingerprint density at radius 1 is 1.00 bits per heavy atom. The Kier molecular flexibility index (Phi) is 7.90. The van der Waals surface area contributed by atoms with Crippen LogP contribution in [0.5, 0.6) is 17.2 Å². The van der Waals surface area contributed by atoms with Crippen molar-refractivity contribution in [2.45, 2.75) is 13.0 Å². The molecule has 1 N–H and O–H groups in total. The van der Waals surface area contributed by atoms with Gasteiger partial charge in [-0.15, -0.1) is 0 Å². The van der Waals surface area contributed by atoms with Crippen LogP contribution in [0.4, 0.5) is 5.69 Å². The molecular weight excluding hydrogens is 594 g/mol. The molecule has 0 aliphatic carbocycles. The minimum absolute atomic E-state index is 0.275. The summed E-state index contributed by atoms with van der Waals surface area (Å²) < 4.78 is 19.1. The first-order chi connectivity index (χ1) is 19.3. The summed E-state index contributed by atoms with van der Waals surface area (Å²) in [6.45, 7) is 1.79. The van der Waals surface area contributed by atoms with E-state index >= 15 is 0 Å². The second-order valence-corrected chi connectivity index (χ2v) is 10.8. The van der Waals surface area contributed by atoms with Crippen LogP contribution in [0.25, 0.3) is 6.08 Å². The Balaban J connectivity index is 1.70. The van der Waals surface area contributed by atoms with E-state index in [2.05, 4.69) is 21.2 Å². The van der Waals surface area contributed by atoms with Crippen LogP contribution in [-0.2, 0) is 4.79 Å². The van der Waals surface area contributed by atoms with Gasteiger partial charge in [0.25, 0.3) is 11.5 Å². The third-order valence-corrected chi connectivity index (χ3v) is 8.10. The molecule has 4 aromatic rings. The summed E-state index contributed by atoms with van der Waals surface area (Å²) in [4.78, 5) is 32.9. The zero-order valence-corrected chi connectivity index (χ0v) is 24.6. The second kappa shape index (κ2) is 11.5. The van der Waals surface area contributed by atoms with E-state index in [9.17, 15) is 9.59 Å². The Morgan fingerprint density at radius 2 is 1.75 bits per heavy atom. The van der Waals surface area contributed by atoms with Crippen LogP contribution in [0, 0.1) is 0 Å². The van der Waals surface area contributed by atoms with Gasteiger partial charge in [0.05, 0.1) is 47.6 Å². The number of halogens is 1. The molecule has 0 fully saturated rings. The number of thiazole rings is 1. The van der Waals surface area contributed by atoms with Crippen molar-refractivity contribution < 1.29 is 19.0 Å². The summed E-state index contributed by atoms with van der Waals surface area (Å²) >= 11 is 4.76. The highest BCUT2D eigenvalue weighted by Crippen LogP contribution is 2.34. The molecule has 204 valence electrons. The average Bonchev–Trinajstić information content (AvgIpc) is 3.26. The lowest BCUT2D eigenvalue weighted by molar-refractivity contribution is -0.113. The molecule has 1 amide bonds. The lowest BCUT2D eigenvalue weighted by Crippen LogP contribution is -2.40. The molecule has 1 atom stereocenters. The SMILES string of the molecule is COc1cccc(C2C(C(=O)Nc3ccccc3)=C(C)N=c3s/c(=C\c4cc(Br)c(OC)cc4OC)c(=O)n32)c1. The van der Waals surface area contributed by atoms with Crippen molar-refractivity contribution in [3.8, 4) is 17.2 Å². The monoisotopic (exact) mass is 619 g/mol. The summed E-state index contributed by atoms with van der Waals surface area (Å²) in [6, 6.07) is 19.4. The molecule has 40 heavy (non-hydrogen) atoms. The number of rotatable bonds is 7. The van der Waals surface area contributed by atoms with Crippen LogP contribution in [0.1, 0.15) is 24.1 Å². The summed E-state index contributed by atoms with van der Waals surface area (Å²) in [7, 11) is 4.71. The fourth-order valence-corrected chi connectivity index (χ4v) is 6.16. The van der Waals surface area contributed by atoms with Crippen LogP contribution < -0.4 is 34.4 Å². The van der Waals surface area contributed by atoms with Crippen LogP contribution >= 0.6 is 27.3 Å². The molecule has 5 rings (SSSR count). The van der Waals surface area contributed by atoms with E-state index in [1.807, 2.05) is 60.7 Å². The summed E-state index contributed by atoms with van der Waals surface area (Å²) in [5.41, 5.74) is 2.69. The lowest BCUT2D eigenvalue weighted by atomic mass is 9.95. The van der Waals surface area contributed by atoms with Crippen LogP contribution in [0.3, 0.4) is 0 Å². The summed E-state index contributed by atoms with van der Waals surface area (Å²) in [5, 5.41) is 2.96. The Bertz CT molecular complexity index is 1810. The molecule has 2 heterocycles. The van der Waals surface area contributed by atoms with Crippen molar-refractivity contribution in [1.29, 1.82) is 0 Å². The number of amides is 1. The maximum atomic E-state index is 14.0.